The van der Waals surface area contributed by atoms with E-state index in [-0.39, 0.29) is 5.78 Å². The Kier molecular flexibility index (Phi) is 4.30. The van der Waals surface area contributed by atoms with Crippen LogP contribution in [0.3, 0.4) is 0 Å². The van der Waals surface area contributed by atoms with Crippen LogP contribution in [-0.4, -0.2) is 20.8 Å². The van der Waals surface area contributed by atoms with Crippen LogP contribution in [0.1, 0.15) is 22.0 Å². The molecule has 2 aromatic carbocycles. The molecule has 0 aliphatic heterocycles. The predicted octanol–water partition coefficient (Wildman–Crippen LogP) is 3.60. The van der Waals surface area contributed by atoms with E-state index in [1.54, 1.807) is 41.3 Å². The van der Waals surface area contributed by atoms with Gasteiger partial charge in [0.15, 0.2) is 5.78 Å². The SMILES string of the molecule is O=C(c1ccc(Cl)cc1)C(Cc1ccccc1)n1ccnn1. The Morgan fingerprint density at radius 2 is 1.82 bits per heavy atom. The van der Waals surface area contributed by atoms with E-state index in [1.807, 2.05) is 30.3 Å². The average molecular weight is 312 g/mol. The van der Waals surface area contributed by atoms with Crippen LogP contribution in [0.2, 0.25) is 5.02 Å². The molecule has 0 N–H and O–H groups in total. The van der Waals surface area contributed by atoms with Gasteiger partial charge in [-0.05, 0) is 29.8 Å². The summed E-state index contributed by atoms with van der Waals surface area (Å²) in [5, 5.41) is 8.42. The maximum Gasteiger partial charge on any atom is 0.187 e. The van der Waals surface area contributed by atoms with Gasteiger partial charge in [-0.3, -0.25) is 4.79 Å². The minimum atomic E-state index is -0.425. The zero-order valence-corrected chi connectivity index (χ0v) is 12.5. The Morgan fingerprint density at radius 1 is 1.09 bits per heavy atom. The van der Waals surface area contributed by atoms with E-state index in [4.69, 9.17) is 11.6 Å². The minimum Gasteiger partial charge on any atom is -0.292 e. The van der Waals surface area contributed by atoms with Crippen LogP contribution in [0.4, 0.5) is 0 Å². The van der Waals surface area contributed by atoms with Crippen LogP contribution in [-0.2, 0) is 6.42 Å². The molecule has 0 fully saturated rings. The average Bonchev–Trinajstić information content (AvgIpc) is 3.08. The zero-order valence-electron chi connectivity index (χ0n) is 11.8. The van der Waals surface area contributed by atoms with E-state index in [0.29, 0.717) is 17.0 Å². The summed E-state index contributed by atoms with van der Waals surface area (Å²) in [6.07, 6.45) is 3.85. The molecule has 0 aliphatic carbocycles. The van der Waals surface area contributed by atoms with Gasteiger partial charge in [-0.2, -0.15) is 0 Å². The number of carbonyl (C=O) groups excluding carboxylic acids is 1. The number of ketones is 1. The number of hydrogen-bond donors (Lipinski definition) is 0. The van der Waals surface area contributed by atoms with Crippen molar-refractivity contribution < 1.29 is 4.79 Å². The molecule has 0 saturated carbocycles. The fraction of sp³-hybridized carbons (Fsp3) is 0.118. The molecule has 3 rings (SSSR count). The quantitative estimate of drug-likeness (QED) is 0.676. The van der Waals surface area contributed by atoms with Gasteiger partial charge in [-0.25, -0.2) is 4.68 Å². The Bertz CT molecular complexity index is 739. The molecule has 3 aromatic rings. The van der Waals surface area contributed by atoms with Crippen LogP contribution in [0.5, 0.6) is 0 Å². The molecule has 0 spiro atoms. The van der Waals surface area contributed by atoms with Crippen LogP contribution < -0.4 is 0 Å². The molecule has 0 aliphatic rings. The Hall–Kier alpha value is -2.46. The molecule has 1 unspecified atom stereocenters. The van der Waals surface area contributed by atoms with E-state index >= 15 is 0 Å². The van der Waals surface area contributed by atoms with Gasteiger partial charge < -0.3 is 0 Å². The van der Waals surface area contributed by atoms with Gasteiger partial charge in [-0.1, -0.05) is 47.1 Å². The number of carbonyl (C=O) groups is 1. The van der Waals surface area contributed by atoms with Crippen LogP contribution in [0, 0.1) is 0 Å². The third-order valence-electron chi connectivity index (χ3n) is 3.46. The number of rotatable bonds is 5. The second kappa shape index (κ2) is 6.54. The molecule has 4 nitrogen and oxygen atoms in total. The fourth-order valence-electron chi connectivity index (χ4n) is 2.33. The summed E-state index contributed by atoms with van der Waals surface area (Å²) < 4.78 is 1.60. The summed E-state index contributed by atoms with van der Waals surface area (Å²) in [7, 11) is 0. The molecule has 110 valence electrons. The molecule has 0 saturated heterocycles. The highest BCUT2D eigenvalue weighted by molar-refractivity contribution is 6.30. The van der Waals surface area contributed by atoms with Gasteiger partial charge in [0.2, 0.25) is 0 Å². The van der Waals surface area contributed by atoms with Crippen molar-refractivity contribution in [1.82, 2.24) is 15.0 Å². The van der Waals surface area contributed by atoms with Crippen molar-refractivity contribution in [2.75, 3.05) is 0 Å². The van der Waals surface area contributed by atoms with Crippen molar-refractivity contribution in [3.63, 3.8) is 0 Å². The van der Waals surface area contributed by atoms with Gasteiger partial charge in [-0.15, -0.1) is 5.10 Å². The zero-order chi connectivity index (χ0) is 15.4. The van der Waals surface area contributed by atoms with Crippen molar-refractivity contribution >= 4 is 17.4 Å². The second-order valence-corrected chi connectivity index (χ2v) is 5.40. The third kappa shape index (κ3) is 3.23. The van der Waals surface area contributed by atoms with Crippen molar-refractivity contribution in [3.05, 3.63) is 83.1 Å². The second-order valence-electron chi connectivity index (χ2n) is 4.96. The van der Waals surface area contributed by atoms with Crippen molar-refractivity contribution in [2.45, 2.75) is 12.5 Å². The van der Waals surface area contributed by atoms with Gasteiger partial charge in [0.25, 0.3) is 0 Å². The van der Waals surface area contributed by atoms with E-state index < -0.39 is 6.04 Å². The molecule has 0 bridgehead atoms. The summed E-state index contributed by atoms with van der Waals surface area (Å²) in [5.41, 5.74) is 1.69. The molecule has 1 atom stereocenters. The number of Topliss-reactive ketones (excluding diaryl/α,β-unsaturated/α-hetero) is 1. The van der Waals surface area contributed by atoms with Crippen molar-refractivity contribution in [2.24, 2.45) is 0 Å². The summed E-state index contributed by atoms with van der Waals surface area (Å²) in [6.45, 7) is 0. The largest absolute Gasteiger partial charge is 0.292 e. The smallest absolute Gasteiger partial charge is 0.187 e. The monoisotopic (exact) mass is 311 g/mol. The summed E-state index contributed by atoms with van der Waals surface area (Å²) in [4.78, 5) is 12.8. The number of halogens is 1. The van der Waals surface area contributed by atoms with Crippen LogP contribution in [0.25, 0.3) is 0 Å². The maximum atomic E-state index is 12.8. The lowest BCUT2D eigenvalue weighted by molar-refractivity contribution is 0.0915. The number of aromatic nitrogens is 3. The van der Waals surface area contributed by atoms with Gasteiger partial charge in [0, 0.05) is 23.2 Å². The highest BCUT2D eigenvalue weighted by Gasteiger charge is 2.23. The Labute approximate surface area is 133 Å². The first-order chi connectivity index (χ1) is 10.7. The number of benzene rings is 2. The standard InChI is InChI=1S/C17H14ClN3O/c18-15-8-6-14(7-9-15)17(22)16(21-11-10-19-20-21)12-13-4-2-1-3-5-13/h1-11,16H,12H2. The lowest BCUT2D eigenvalue weighted by atomic mass is 9.98. The first-order valence-electron chi connectivity index (χ1n) is 6.93. The Balaban J connectivity index is 1.91. The number of hydrogen-bond acceptors (Lipinski definition) is 3. The summed E-state index contributed by atoms with van der Waals surface area (Å²) in [6, 6.07) is 16.4. The molecular formula is C17H14ClN3O. The Morgan fingerprint density at radius 3 is 2.45 bits per heavy atom. The van der Waals surface area contributed by atoms with Crippen LogP contribution >= 0.6 is 11.6 Å². The van der Waals surface area contributed by atoms with E-state index in [1.165, 1.54) is 0 Å². The third-order valence-corrected chi connectivity index (χ3v) is 3.72. The summed E-state index contributed by atoms with van der Waals surface area (Å²) in [5.74, 6) is -0.00832. The highest BCUT2D eigenvalue weighted by atomic mass is 35.5. The maximum absolute atomic E-state index is 12.8. The molecule has 0 amide bonds. The first kappa shape index (κ1) is 14.5. The highest BCUT2D eigenvalue weighted by Crippen LogP contribution is 2.20. The van der Waals surface area contributed by atoms with Gasteiger partial charge in [0.05, 0.1) is 6.20 Å². The molecular weight excluding hydrogens is 298 g/mol. The molecule has 1 heterocycles. The lowest BCUT2D eigenvalue weighted by Gasteiger charge is -2.16. The molecule has 1 aromatic heterocycles. The predicted molar refractivity (Wildman–Crippen MR) is 85.0 cm³/mol. The first-order valence-corrected chi connectivity index (χ1v) is 7.31. The lowest BCUT2D eigenvalue weighted by Crippen LogP contribution is -2.22. The number of nitrogens with zero attached hydrogens (tertiary/aromatic N) is 3. The topological polar surface area (TPSA) is 47.8 Å². The van der Waals surface area contributed by atoms with Crippen molar-refractivity contribution in [3.8, 4) is 0 Å². The normalized spacial score (nSPS) is 12.0. The van der Waals surface area contributed by atoms with Crippen molar-refractivity contribution in [1.29, 1.82) is 0 Å². The minimum absolute atomic E-state index is 0.00832. The molecule has 0 radical (unpaired) electrons. The van der Waals surface area contributed by atoms with Crippen LogP contribution in [0.15, 0.2) is 67.0 Å². The molecule has 22 heavy (non-hydrogen) atoms. The van der Waals surface area contributed by atoms with Gasteiger partial charge in [0.1, 0.15) is 6.04 Å². The van der Waals surface area contributed by atoms with E-state index in [2.05, 4.69) is 10.3 Å². The summed E-state index contributed by atoms with van der Waals surface area (Å²) >= 11 is 5.89. The van der Waals surface area contributed by atoms with E-state index in [9.17, 15) is 4.79 Å². The van der Waals surface area contributed by atoms with Gasteiger partial charge >= 0.3 is 0 Å². The van der Waals surface area contributed by atoms with E-state index in [0.717, 1.165) is 5.56 Å². The fourth-order valence-corrected chi connectivity index (χ4v) is 2.46. The molecule has 5 heteroatoms.